The van der Waals surface area contributed by atoms with Crippen molar-refractivity contribution in [3.63, 3.8) is 0 Å². The van der Waals surface area contributed by atoms with Crippen LogP contribution in [0.4, 0.5) is 5.69 Å². The van der Waals surface area contributed by atoms with E-state index in [4.69, 9.17) is 17.3 Å². The summed E-state index contributed by atoms with van der Waals surface area (Å²) in [6.45, 7) is 0. The highest BCUT2D eigenvalue weighted by Gasteiger charge is 2.02. The van der Waals surface area contributed by atoms with Crippen LogP contribution in [-0.2, 0) is 4.79 Å². The predicted octanol–water partition coefficient (Wildman–Crippen LogP) is 3.15. The molecular weight excluding hydrogens is 296 g/mol. The summed E-state index contributed by atoms with van der Waals surface area (Å²) in [4.78, 5) is 23.5. The van der Waals surface area contributed by atoms with Crippen LogP contribution in [0.25, 0.3) is 6.08 Å². The zero-order valence-corrected chi connectivity index (χ0v) is 11.9. The van der Waals surface area contributed by atoms with Gasteiger partial charge < -0.3 is 11.1 Å². The summed E-state index contributed by atoms with van der Waals surface area (Å²) in [6, 6.07) is 9.95. The second kappa shape index (κ2) is 6.36. The van der Waals surface area contributed by atoms with E-state index >= 15 is 0 Å². The van der Waals surface area contributed by atoms with Crippen molar-refractivity contribution >= 4 is 46.5 Å². The molecule has 0 atom stereocenters. The molecule has 0 saturated heterocycles. The van der Waals surface area contributed by atoms with Gasteiger partial charge in [0, 0.05) is 22.2 Å². The molecule has 0 aliphatic heterocycles. The lowest BCUT2D eigenvalue weighted by molar-refractivity contribution is -0.111. The van der Waals surface area contributed by atoms with E-state index in [1.54, 1.807) is 36.4 Å². The SMILES string of the molecule is NC(=O)c1ccc(NC(=O)C=Cc2ccc(Cl)s2)cc1. The maximum absolute atomic E-state index is 11.7. The first-order valence-electron chi connectivity index (χ1n) is 5.69. The van der Waals surface area contributed by atoms with Gasteiger partial charge in [0.1, 0.15) is 0 Å². The Kier molecular flexibility index (Phi) is 4.55. The summed E-state index contributed by atoms with van der Waals surface area (Å²) in [5, 5.41) is 2.68. The largest absolute Gasteiger partial charge is 0.366 e. The summed E-state index contributed by atoms with van der Waals surface area (Å²) in [7, 11) is 0. The fourth-order valence-electron chi connectivity index (χ4n) is 1.48. The van der Waals surface area contributed by atoms with Crippen molar-refractivity contribution in [2.75, 3.05) is 5.32 Å². The number of rotatable bonds is 4. The highest BCUT2D eigenvalue weighted by Crippen LogP contribution is 2.22. The van der Waals surface area contributed by atoms with Crippen molar-refractivity contribution in [3.8, 4) is 0 Å². The number of hydrogen-bond acceptors (Lipinski definition) is 3. The molecule has 0 radical (unpaired) electrons. The molecule has 3 N–H and O–H groups in total. The Labute approximate surface area is 124 Å². The number of hydrogen-bond donors (Lipinski definition) is 2. The third kappa shape index (κ3) is 3.94. The number of nitrogens with one attached hydrogen (secondary N) is 1. The molecule has 2 aromatic rings. The lowest BCUT2D eigenvalue weighted by atomic mass is 10.2. The van der Waals surface area contributed by atoms with E-state index in [-0.39, 0.29) is 5.91 Å². The first kappa shape index (κ1) is 14.3. The third-order valence-electron chi connectivity index (χ3n) is 2.43. The number of benzene rings is 1. The number of anilines is 1. The minimum Gasteiger partial charge on any atom is -0.366 e. The molecule has 0 unspecified atom stereocenters. The van der Waals surface area contributed by atoms with Gasteiger partial charge in [-0.15, -0.1) is 11.3 Å². The first-order valence-corrected chi connectivity index (χ1v) is 6.88. The molecule has 2 amide bonds. The Morgan fingerprint density at radius 3 is 2.40 bits per heavy atom. The second-order valence-electron chi connectivity index (χ2n) is 3.91. The molecule has 1 heterocycles. The Hall–Kier alpha value is -2.11. The molecule has 102 valence electrons. The number of halogens is 1. The standard InChI is InChI=1S/C14H11ClN2O2S/c15-12-7-5-11(20-12)6-8-13(18)17-10-3-1-9(2-4-10)14(16)19/h1-8H,(H2,16,19)(H,17,18). The molecule has 0 saturated carbocycles. The first-order chi connectivity index (χ1) is 9.54. The molecule has 0 bridgehead atoms. The summed E-state index contributed by atoms with van der Waals surface area (Å²) in [6.07, 6.45) is 3.10. The van der Waals surface area contributed by atoms with Crippen LogP contribution in [0.5, 0.6) is 0 Å². The fraction of sp³-hybridized carbons (Fsp3) is 0. The molecule has 0 fully saturated rings. The molecular formula is C14H11ClN2O2S. The Morgan fingerprint density at radius 2 is 1.85 bits per heavy atom. The van der Waals surface area contributed by atoms with E-state index in [1.807, 2.05) is 6.07 Å². The lowest BCUT2D eigenvalue weighted by Gasteiger charge is -2.02. The zero-order chi connectivity index (χ0) is 14.5. The normalized spacial score (nSPS) is 10.7. The van der Waals surface area contributed by atoms with Gasteiger partial charge in [-0.25, -0.2) is 0 Å². The topological polar surface area (TPSA) is 72.2 Å². The molecule has 4 nitrogen and oxygen atoms in total. The van der Waals surface area contributed by atoms with Crippen LogP contribution in [-0.4, -0.2) is 11.8 Å². The van der Waals surface area contributed by atoms with Crippen LogP contribution in [0.3, 0.4) is 0 Å². The van der Waals surface area contributed by atoms with Gasteiger partial charge >= 0.3 is 0 Å². The number of amides is 2. The van der Waals surface area contributed by atoms with Crippen molar-refractivity contribution in [2.45, 2.75) is 0 Å². The molecule has 0 spiro atoms. The van der Waals surface area contributed by atoms with E-state index < -0.39 is 5.91 Å². The Bertz CT molecular complexity index is 662. The van der Waals surface area contributed by atoms with Crippen molar-refractivity contribution < 1.29 is 9.59 Å². The number of carbonyl (C=O) groups is 2. The smallest absolute Gasteiger partial charge is 0.248 e. The maximum Gasteiger partial charge on any atom is 0.248 e. The molecule has 1 aromatic carbocycles. The number of thiophene rings is 1. The van der Waals surface area contributed by atoms with E-state index in [0.29, 0.717) is 15.6 Å². The summed E-state index contributed by atoms with van der Waals surface area (Å²) in [5.41, 5.74) is 6.12. The fourth-order valence-corrected chi connectivity index (χ4v) is 2.44. The Balaban J connectivity index is 1.97. The van der Waals surface area contributed by atoms with E-state index in [0.717, 1.165) is 4.88 Å². The van der Waals surface area contributed by atoms with E-state index in [2.05, 4.69) is 5.32 Å². The van der Waals surface area contributed by atoms with Crippen LogP contribution in [0.15, 0.2) is 42.5 Å². The van der Waals surface area contributed by atoms with Crippen molar-refractivity contribution in [3.05, 3.63) is 57.3 Å². The molecule has 0 aliphatic rings. The number of primary amides is 1. The van der Waals surface area contributed by atoms with Crippen LogP contribution >= 0.6 is 22.9 Å². The van der Waals surface area contributed by atoms with Crippen LogP contribution in [0.1, 0.15) is 15.2 Å². The molecule has 20 heavy (non-hydrogen) atoms. The van der Waals surface area contributed by atoms with Gasteiger partial charge in [0.2, 0.25) is 11.8 Å². The van der Waals surface area contributed by atoms with Gasteiger partial charge in [0.15, 0.2) is 0 Å². The average Bonchev–Trinajstić information content (AvgIpc) is 2.83. The van der Waals surface area contributed by atoms with Gasteiger partial charge in [-0.3, -0.25) is 9.59 Å². The molecule has 2 rings (SSSR count). The van der Waals surface area contributed by atoms with Gasteiger partial charge in [0.05, 0.1) is 4.34 Å². The maximum atomic E-state index is 11.7. The van der Waals surface area contributed by atoms with Gasteiger partial charge in [-0.2, -0.15) is 0 Å². The van der Waals surface area contributed by atoms with Gasteiger partial charge in [-0.1, -0.05) is 11.6 Å². The lowest BCUT2D eigenvalue weighted by Crippen LogP contribution is -2.11. The summed E-state index contributed by atoms with van der Waals surface area (Å²) in [5.74, 6) is -0.765. The van der Waals surface area contributed by atoms with Crippen LogP contribution in [0.2, 0.25) is 4.34 Å². The summed E-state index contributed by atoms with van der Waals surface area (Å²) < 4.78 is 0.673. The average molecular weight is 307 g/mol. The third-order valence-corrected chi connectivity index (χ3v) is 3.63. The van der Waals surface area contributed by atoms with Gasteiger partial charge in [0.25, 0.3) is 0 Å². The monoisotopic (exact) mass is 306 g/mol. The number of carbonyl (C=O) groups excluding carboxylic acids is 2. The molecule has 1 aromatic heterocycles. The Morgan fingerprint density at radius 1 is 1.15 bits per heavy atom. The zero-order valence-electron chi connectivity index (χ0n) is 10.3. The van der Waals surface area contributed by atoms with Crippen LogP contribution < -0.4 is 11.1 Å². The van der Waals surface area contributed by atoms with Gasteiger partial charge in [-0.05, 0) is 42.5 Å². The van der Waals surface area contributed by atoms with E-state index in [1.165, 1.54) is 17.4 Å². The van der Waals surface area contributed by atoms with Crippen molar-refractivity contribution in [1.29, 1.82) is 0 Å². The minimum absolute atomic E-state index is 0.263. The summed E-state index contributed by atoms with van der Waals surface area (Å²) >= 11 is 7.18. The van der Waals surface area contributed by atoms with Crippen molar-refractivity contribution in [2.24, 2.45) is 5.73 Å². The van der Waals surface area contributed by atoms with Crippen molar-refractivity contribution in [1.82, 2.24) is 0 Å². The second-order valence-corrected chi connectivity index (χ2v) is 5.65. The minimum atomic E-state index is -0.502. The molecule has 0 aliphatic carbocycles. The highest BCUT2D eigenvalue weighted by atomic mass is 35.5. The predicted molar refractivity (Wildman–Crippen MR) is 82.0 cm³/mol. The molecule has 6 heteroatoms. The van der Waals surface area contributed by atoms with E-state index in [9.17, 15) is 9.59 Å². The van der Waals surface area contributed by atoms with Crippen LogP contribution in [0, 0.1) is 0 Å². The number of nitrogens with two attached hydrogens (primary N) is 1. The quantitative estimate of drug-likeness (QED) is 0.852. The highest BCUT2D eigenvalue weighted by molar-refractivity contribution is 7.17.